The SMILES string of the molecule is COc1ccc(C2C(C(=O)OCCOC(C)C)=C(C)Nc3ncnn32)cc1. The molecule has 0 fully saturated rings. The molecule has 1 atom stereocenters. The van der Waals surface area contributed by atoms with Crippen molar-refractivity contribution < 1.29 is 19.0 Å². The second-order valence-corrected chi connectivity index (χ2v) is 6.42. The number of rotatable bonds is 7. The first-order chi connectivity index (χ1) is 13.0. The molecule has 0 saturated carbocycles. The number of carbonyl (C=O) groups is 1. The molecule has 1 N–H and O–H groups in total. The highest BCUT2D eigenvalue weighted by Gasteiger charge is 2.34. The van der Waals surface area contributed by atoms with Crippen LogP contribution in [-0.2, 0) is 14.3 Å². The van der Waals surface area contributed by atoms with Gasteiger partial charge in [-0.1, -0.05) is 12.1 Å². The number of hydrogen-bond donors (Lipinski definition) is 1. The molecular formula is C19H24N4O4. The summed E-state index contributed by atoms with van der Waals surface area (Å²) in [6, 6.07) is 7.07. The quantitative estimate of drug-likeness (QED) is 0.590. The summed E-state index contributed by atoms with van der Waals surface area (Å²) in [5.74, 6) is 0.907. The number of aromatic nitrogens is 3. The van der Waals surface area contributed by atoms with E-state index in [1.165, 1.54) is 6.33 Å². The summed E-state index contributed by atoms with van der Waals surface area (Å²) in [5.41, 5.74) is 2.06. The maximum atomic E-state index is 12.8. The van der Waals surface area contributed by atoms with Gasteiger partial charge >= 0.3 is 5.97 Å². The Labute approximate surface area is 158 Å². The van der Waals surface area contributed by atoms with E-state index >= 15 is 0 Å². The van der Waals surface area contributed by atoms with E-state index in [4.69, 9.17) is 14.2 Å². The summed E-state index contributed by atoms with van der Waals surface area (Å²) in [6.07, 6.45) is 1.54. The van der Waals surface area contributed by atoms with Gasteiger partial charge in [-0.2, -0.15) is 10.1 Å². The Morgan fingerprint density at radius 3 is 2.67 bits per heavy atom. The van der Waals surface area contributed by atoms with E-state index in [9.17, 15) is 4.79 Å². The lowest BCUT2D eigenvalue weighted by Crippen LogP contribution is -2.30. The number of methoxy groups -OCH3 is 1. The van der Waals surface area contributed by atoms with Crippen LogP contribution in [-0.4, -0.2) is 47.2 Å². The van der Waals surface area contributed by atoms with Gasteiger partial charge in [-0.05, 0) is 38.5 Å². The van der Waals surface area contributed by atoms with Gasteiger partial charge in [0, 0.05) is 5.70 Å². The van der Waals surface area contributed by atoms with Crippen molar-refractivity contribution in [1.82, 2.24) is 14.8 Å². The second kappa shape index (κ2) is 8.22. The van der Waals surface area contributed by atoms with Gasteiger partial charge in [0.2, 0.25) is 5.95 Å². The molecular weight excluding hydrogens is 348 g/mol. The molecule has 0 radical (unpaired) electrons. The third kappa shape index (κ3) is 4.11. The number of allylic oxidation sites excluding steroid dienone is 1. The first kappa shape index (κ1) is 18.9. The smallest absolute Gasteiger partial charge is 0.338 e. The number of benzene rings is 1. The van der Waals surface area contributed by atoms with Crippen molar-refractivity contribution in [2.45, 2.75) is 32.9 Å². The van der Waals surface area contributed by atoms with Crippen molar-refractivity contribution in [3.63, 3.8) is 0 Å². The molecule has 0 amide bonds. The van der Waals surface area contributed by atoms with Gasteiger partial charge in [0.15, 0.2) is 0 Å². The number of nitrogens with zero attached hydrogens (tertiary/aromatic N) is 3. The summed E-state index contributed by atoms with van der Waals surface area (Å²) >= 11 is 0. The average molecular weight is 372 g/mol. The Hall–Kier alpha value is -2.87. The van der Waals surface area contributed by atoms with Crippen LogP contribution in [0.3, 0.4) is 0 Å². The van der Waals surface area contributed by atoms with Crippen LogP contribution in [0, 0.1) is 0 Å². The van der Waals surface area contributed by atoms with Gasteiger partial charge in [-0.3, -0.25) is 0 Å². The van der Waals surface area contributed by atoms with Crippen molar-refractivity contribution in [1.29, 1.82) is 0 Å². The van der Waals surface area contributed by atoms with Crippen LogP contribution in [0.4, 0.5) is 5.95 Å². The average Bonchev–Trinajstić information content (AvgIpc) is 3.11. The van der Waals surface area contributed by atoms with Crippen molar-refractivity contribution in [3.8, 4) is 5.75 Å². The van der Waals surface area contributed by atoms with Crippen LogP contribution in [0.5, 0.6) is 5.75 Å². The zero-order chi connectivity index (χ0) is 19.4. The molecule has 0 saturated heterocycles. The Morgan fingerprint density at radius 1 is 1.26 bits per heavy atom. The highest BCUT2D eigenvalue weighted by atomic mass is 16.6. The monoisotopic (exact) mass is 372 g/mol. The topological polar surface area (TPSA) is 87.5 Å². The van der Waals surface area contributed by atoms with Crippen molar-refractivity contribution in [2.75, 3.05) is 25.6 Å². The van der Waals surface area contributed by atoms with E-state index < -0.39 is 12.0 Å². The van der Waals surface area contributed by atoms with E-state index in [1.54, 1.807) is 11.8 Å². The number of ether oxygens (including phenoxy) is 3. The molecule has 2 aromatic rings. The summed E-state index contributed by atoms with van der Waals surface area (Å²) in [5, 5.41) is 7.40. The third-order valence-electron chi connectivity index (χ3n) is 4.21. The molecule has 27 heavy (non-hydrogen) atoms. The molecule has 0 spiro atoms. The lowest BCUT2D eigenvalue weighted by Gasteiger charge is -2.28. The lowest BCUT2D eigenvalue weighted by molar-refractivity contribution is -0.141. The third-order valence-corrected chi connectivity index (χ3v) is 4.21. The predicted octanol–water partition coefficient (Wildman–Crippen LogP) is 2.54. The first-order valence-corrected chi connectivity index (χ1v) is 8.81. The zero-order valence-corrected chi connectivity index (χ0v) is 15.9. The predicted molar refractivity (Wildman–Crippen MR) is 99.5 cm³/mol. The van der Waals surface area contributed by atoms with E-state index in [-0.39, 0.29) is 12.7 Å². The van der Waals surface area contributed by atoms with Gasteiger partial charge in [0.05, 0.1) is 25.4 Å². The first-order valence-electron chi connectivity index (χ1n) is 8.81. The van der Waals surface area contributed by atoms with Crippen LogP contribution in [0.2, 0.25) is 0 Å². The number of fused-ring (bicyclic) bond motifs is 1. The molecule has 0 aliphatic carbocycles. The summed E-state index contributed by atoms with van der Waals surface area (Å²) < 4.78 is 17.8. The van der Waals surface area contributed by atoms with E-state index in [0.29, 0.717) is 23.8 Å². The highest BCUT2D eigenvalue weighted by molar-refractivity contribution is 5.92. The van der Waals surface area contributed by atoms with Crippen LogP contribution < -0.4 is 10.1 Å². The van der Waals surface area contributed by atoms with Crippen LogP contribution in [0.25, 0.3) is 0 Å². The van der Waals surface area contributed by atoms with Crippen molar-refractivity contribution in [2.24, 2.45) is 0 Å². The van der Waals surface area contributed by atoms with Crippen molar-refractivity contribution in [3.05, 3.63) is 47.4 Å². The highest BCUT2D eigenvalue weighted by Crippen LogP contribution is 2.35. The van der Waals surface area contributed by atoms with Gasteiger partial charge in [-0.25, -0.2) is 9.48 Å². The maximum absolute atomic E-state index is 12.8. The van der Waals surface area contributed by atoms with Gasteiger partial charge < -0.3 is 19.5 Å². The number of anilines is 1. The number of nitrogens with one attached hydrogen (secondary N) is 1. The van der Waals surface area contributed by atoms with Crippen LogP contribution in [0.15, 0.2) is 41.9 Å². The fourth-order valence-corrected chi connectivity index (χ4v) is 2.95. The van der Waals surface area contributed by atoms with Crippen LogP contribution in [0.1, 0.15) is 32.4 Å². The number of esters is 1. The molecule has 0 bridgehead atoms. The number of hydrogen-bond acceptors (Lipinski definition) is 7. The fourth-order valence-electron chi connectivity index (χ4n) is 2.95. The fraction of sp³-hybridized carbons (Fsp3) is 0.421. The Kier molecular flexibility index (Phi) is 5.75. The normalized spacial score (nSPS) is 16.1. The zero-order valence-electron chi connectivity index (χ0n) is 15.9. The minimum atomic E-state index is -0.437. The minimum Gasteiger partial charge on any atom is -0.497 e. The molecule has 8 nitrogen and oxygen atoms in total. The molecule has 1 unspecified atom stereocenters. The Morgan fingerprint density at radius 2 is 2.00 bits per heavy atom. The molecule has 1 aromatic carbocycles. The largest absolute Gasteiger partial charge is 0.497 e. The number of carbonyl (C=O) groups excluding carboxylic acids is 1. The summed E-state index contributed by atoms with van der Waals surface area (Å²) in [6.45, 7) is 6.24. The van der Waals surface area contributed by atoms with E-state index in [2.05, 4.69) is 15.4 Å². The van der Waals surface area contributed by atoms with Gasteiger partial charge in [0.1, 0.15) is 24.7 Å². The van der Waals surface area contributed by atoms with E-state index in [0.717, 1.165) is 11.3 Å². The standard InChI is InChI=1S/C19H24N4O4/c1-12(2)26-9-10-27-18(24)16-13(3)22-19-20-11-21-23(19)17(16)14-5-7-15(25-4)8-6-14/h5-8,11-12,17H,9-10H2,1-4H3,(H,20,21,22). The molecule has 1 aliphatic rings. The summed E-state index contributed by atoms with van der Waals surface area (Å²) in [7, 11) is 1.61. The second-order valence-electron chi connectivity index (χ2n) is 6.42. The van der Waals surface area contributed by atoms with Gasteiger partial charge in [-0.15, -0.1) is 0 Å². The maximum Gasteiger partial charge on any atom is 0.338 e. The Balaban J connectivity index is 1.88. The van der Waals surface area contributed by atoms with Gasteiger partial charge in [0.25, 0.3) is 0 Å². The lowest BCUT2D eigenvalue weighted by atomic mass is 9.96. The Bertz CT molecular complexity index is 826. The molecule has 2 heterocycles. The molecule has 1 aliphatic heterocycles. The molecule has 1 aromatic heterocycles. The van der Waals surface area contributed by atoms with Crippen LogP contribution >= 0.6 is 0 Å². The molecule has 3 rings (SSSR count). The van der Waals surface area contributed by atoms with E-state index in [1.807, 2.05) is 45.0 Å². The minimum absolute atomic E-state index is 0.0887. The molecule has 8 heteroatoms. The van der Waals surface area contributed by atoms with Crippen molar-refractivity contribution >= 4 is 11.9 Å². The summed E-state index contributed by atoms with van der Waals surface area (Å²) in [4.78, 5) is 17.0. The molecule has 144 valence electrons.